The number of hydrogen-bond donors (Lipinski definition) is 2. The van der Waals surface area contributed by atoms with E-state index in [9.17, 15) is 0 Å². The Balaban J connectivity index is 1.39. The number of fused-ring (bicyclic) bond motifs is 2. The second kappa shape index (κ2) is 5.13. The van der Waals surface area contributed by atoms with Crippen LogP contribution in [0, 0.1) is 0 Å². The Morgan fingerprint density at radius 3 is 3.10 bits per heavy atom. The molecule has 0 unspecified atom stereocenters. The fourth-order valence-corrected chi connectivity index (χ4v) is 2.99. The summed E-state index contributed by atoms with van der Waals surface area (Å²) in [5.74, 6) is 0.928. The number of pyridine rings is 1. The summed E-state index contributed by atoms with van der Waals surface area (Å²) in [6, 6.07) is 14.8. The molecule has 4 nitrogen and oxygen atoms in total. The zero-order valence-corrected chi connectivity index (χ0v) is 11.8. The number of benzene rings is 1. The van der Waals surface area contributed by atoms with Crippen molar-refractivity contribution in [1.29, 1.82) is 0 Å². The molecule has 2 aromatic heterocycles. The van der Waals surface area contributed by atoms with Crippen molar-refractivity contribution in [2.24, 2.45) is 0 Å². The van der Waals surface area contributed by atoms with Crippen LogP contribution in [0.1, 0.15) is 5.56 Å². The first-order valence-electron chi connectivity index (χ1n) is 7.41. The van der Waals surface area contributed by atoms with Crippen LogP contribution < -0.4 is 10.2 Å². The monoisotopic (exact) mass is 278 g/mol. The first-order valence-corrected chi connectivity index (χ1v) is 7.41. The largest absolute Gasteiger partial charge is 0.369 e. The lowest BCUT2D eigenvalue weighted by molar-refractivity contribution is 0.837. The van der Waals surface area contributed by atoms with Crippen LogP contribution >= 0.6 is 0 Å². The fourth-order valence-electron chi connectivity index (χ4n) is 2.99. The van der Waals surface area contributed by atoms with Gasteiger partial charge in [0.05, 0.1) is 0 Å². The van der Waals surface area contributed by atoms with E-state index in [1.807, 2.05) is 18.3 Å². The van der Waals surface area contributed by atoms with Gasteiger partial charge in [0, 0.05) is 36.9 Å². The number of H-pyrrole nitrogens is 1. The summed E-state index contributed by atoms with van der Waals surface area (Å²) in [7, 11) is 0. The molecular weight excluding hydrogens is 260 g/mol. The van der Waals surface area contributed by atoms with E-state index in [2.05, 4.69) is 50.5 Å². The maximum atomic E-state index is 4.56. The summed E-state index contributed by atoms with van der Waals surface area (Å²) in [5, 5.41) is 4.56. The van der Waals surface area contributed by atoms with Gasteiger partial charge in [0.1, 0.15) is 11.5 Å². The fraction of sp³-hybridized carbons (Fsp3) is 0.235. The summed E-state index contributed by atoms with van der Waals surface area (Å²) < 4.78 is 0. The van der Waals surface area contributed by atoms with Crippen LogP contribution in [0.4, 0.5) is 11.5 Å². The zero-order valence-electron chi connectivity index (χ0n) is 11.8. The third-order valence-corrected chi connectivity index (χ3v) is 4.08. The smallest absolute Gasteiger partial charge is 0.139 e. The maximum Gasteiger partial charge on any atom is 0.139 e. The van der Waals surface area contributed by atoms with Crippen molar-refractivity contribution in [3.05, 3.63) is 54.2 Å². The minimum Gasteiger partial charge on any atom is -0.369 e. The van der Waals surface area contributed by atoms with Crippen molar-refractivity contribution in [1.82, 2.24) is 9.97 Å². The first-order chi connectivity index (χ1) is 10.4. The summed E-state index contributed by atoms with van der Waals surface area (Å²) in [5.41, 5.74) is 3.78. The molecule has 21 heavy (non-hydrogen) atoms. The molecule has 4 heteroatoms. The highest BCUT2D eigenvalue weighted by molar-refractivity contribution is 5.77. The van der Waals surface area contributed by atoms with Crippen LogP contribution in [0.5, 0.6) is 0 Å². The number of rotatable bonds is 4. The number of nitrogens with one attached hydrogen (secondary N) is 2. The summed E-state index contributed by atoms with van der Waals surface area (Å²) >= 11 is 0. The SMILES string of the molecule is c1ccc2c(c1)CCN2CCNc1ccc2cc[nH]c2n1. The molecule has 0 aliphatic carbocycles. The van der Waals surface area contributed by atoms with E-state index in [-0.39, 0.29) is 0 Å². The Kier molecular flexibility index (Phi) is 2.99. The number of hydrogen-bond acceptors (Lipinski definition) is 3. The lowest BCUT2D eigenvalue weighted by Crippen LogP contribution is -2.27. The number of aromatic nitrogens is 2. The Morgan fingerprint density at radius 2 is 2.10 bits per heavy atom. The van der Waals surface area contributed by atoms with Gasteiger partial charge in [0.2, 0.25) is 0 Å². The molecule has 1 aliphatic rings. The van der Waals surface area contributed by atoms with Gasteiger partial charge in [0.25, 0.3) is 0 Å². The van der Waals surface area contributed by atoms with Crippen LogP contribution in [0.25, 0.3) is 11.0 Å². The van der Waals surface area contributed by atoms with Crippen LogP contribution in [0.3, 0.4) is 0 Å². The van der Waals surface area contributed by atoms with Gasteiger partial charge in [-0.15, -0.1) is 0 Å². The van der Waals surface area contributed by atoms with E-state index in [0.29, 0.717) is 0 Å². The van der Waals surface area contributed by atoms with Gasteiger partial charge in [-0.1, -0.05) is 18.2 Å². The maximum absolute atomic E-state index is 4.56. The summed E-state index contributed by atoms with van der Waals surface area (Å²) in [6.45, 7) is 3.01. The van der Waals surface area contributed by atoms with E-state index in [0.717, 1.165) is 42.9 Å². The summed E-state index contributed by atoms with van der Waals surface area (Å²) in [4.78, 5) is 10.1. The van der Waals surface area contributed by atoms with Gasteiger partial charge in [-0.2, -0.15) is 0 Å². The lowest BCUT2D eigenvalue weighted by atomic mass is 10.2. The molecule has 106 valence electrons. The average molecular weight is 278 g/mol. The van der Waals surface area contributed by atoms with Crippen molar-refractivity contribution in [2.45, 2.75) is 6.42 Å². The van der Waals surface area contributed by atoms with E-state index in [1.54, 1.807) is 0 Å². The molecule has 2 N–H and O–H groups in total. The van der Waals surface area contributed by atoms with Crippen molar-refractivity contribution in [2.75, 3.05) is 29.9 Å². The minimum atomic E-state index is 0.896. The van der Waals surface area contributed by atoms with Gasteiger partial charge in [-0.3, -0.25) is 0 Å². The normalized spacial score (nSPS) is 13.6. The molecular formula is C17H18N4. The molecule has 4 rings (SSSR count). The van der Waals surface area contributed by atoms with Crippen LogP contribution in [-0.2, 0) is 6.42 Å². The average Bonchev–Trinajstić information content (AvgIpc) is 3.14. The standard InChI is InChI=1S/C17H18N4/c1-2-4-15-13(3-1)8-11-21(15)12-10-18-16-6-5-14-7-9-19-17(14)20-16/h1-7,9H,8,10-12H2,(H2,18,19,20). The summed E-state index contributed by atoms with van der Waals surface area (Å²) in [6.07, 6.45) is 3.07. The van der Waals surface area contributed by atoms with Crippen molar-refractivity contribution in [3.8, 4) is 0 Å². The quantitative estimate of drug-likeness (QED) is 0.771. The van der Waals surface area contributed by atoms with Crippen molar-refractivity contribution < 1.29 is 0 Å². The first kappa shape index (κ1) is 12.3. The zero-order chi connectivity index (χ0) is 14.1. The molecule has 0 amide bonds. The lowest BCUT2D eigenvalue weighted by Gasteiger charge is -2.19. The third kappa shape index (κ3) is 2.33. The van der Waals surface area contributed by atoms with Gasteiger partial charge in [0.15, 0.2) is 0 Å². The van der Waals surface area contributed by atoms with Crippen LogP contribution in [0.2, 0.25) is 0 Å². The molecule has 0 saturated heterocycles. The topological polar surface area (TPSA) is 44.0 Å². The highest BCUT2D eigenvalue weighted by Gasteiger charge is 2.17. The van der Waals surface area contributed by atoms with Gasteiger partial charge >= 0.3 is 0 Å². The van der Waals surface area contributed by atoms with E-state index in [4.69, 9.17) is 0 Å². The molecule has 0 spiro atoms. The highest BCUT2D eigenvalue weighted by atomic mass is 15.2. The van der Waals surface area contributed by atoms with E-state index in [1.165, 1.54) is 11.3 Å². The third-order valence-electron chi connectivity index (χ3n) is 4.08. The van der Waals surface area contributed by atoms with Crippen LogP contribution in [0.15, 0.2) is 48.7 Å². The van der Waals surface area contributed by atoms with Crippen molar-refractivity contribution in [3.63, 3.8) is 0 Å². The van der Waals surface area contributed by atoms with Gasteiger partial charge < -0.3 is 15.2 Å². The molecule has 3 heterocycles. The second-order valence-corrected chi connectivity index (χ2v) is 5.40. The Labute approximate surface area is 123 Å². The molecule has 0 bridgehead atoms. The molecule has 0 fully saturated rings. The number of nitrogens with zero attached hydrogens (tertiary/aromatic N) is 2. The van der Waals surface area contributed by atoms with Crippen molar-refractivity contribution >= 4 is 22.5 Å². The molecule has 0 atom stereocenters. The van der Waals surface area contributed by atoms with Crippen LogP contribution in [-0.4, -0.2) is 29.6 Å². The Morgan fingerprint density at radius 1 is 1.14 bits per heavy atom. The minimum absolute atomic E-state index is 0.896. The number of para-hydroxylation sites is 1. The molecule has 1 aromatic carbocycles. The molecule has 0 radical (unpaired) electrons. The Hall–Kier alpha value is -2.49. The van der Waals surface area contributed by atoms with E-state index >= 15 is 0 Å². The number of anilines is 2. The Bertz CT molecular complexity index is 762. The number of aromatic amines is 1. The molecule has 0 saturated carbocycles. The molecule has 3 aromatic rings. The van der Waals surface area contributed by atoms with Gasteiger partial charge in [-0.05, 0) is 36.2 Å². The van der Waals surface area contributed by atoms with E-state index < -0.39 is 0 Å². The predicted molar refractivity (Wildman–Crippen MR) is 86.9 cm³/mol. The van der Waals surface area contributed by atoms with Gasteiger partial charge in [-0.25, -0.2) is 4.98 Å². The predicted octanol–water partition coefficient (Wildman–Crippen LogP) is 3.04. The molecule has 1 aliphatic heterocycles. The second-order valence-electron chi connectivity index (χ2n) is 5.40. The highest BCUT2D eigenvalue weighted by Crippen LogP contribution is 2.26.